The van der Waals surface area contributed by atoms with Crippen LogP contribution in [0.15, 0.2) is 29.4 Å². The number of rotatable bonds is 4. The van der Waals surface area contributed by atoms with Crippen LogP contribution in [0.4, 0.5) is 8.78 Å². The number of benzene rings is 1. The molecule has 4 nitrogen and oxygen atoms in total. The first-order valence-electron chi connectivity index (χ1n) is 6.72. The zero-order chi connectivity index (χ0) is 16.5. The van der Waals surface area contributed by atoms with Crippen molar-refractivity contribution in [3.63, 3.8) is 0 Å². The van der Waals surface area contributed by atoms with Gasteiger partial charge in [0.25, 0.3) is 6.43 Å². The second-order valence-electron chi connectivity index (χ2n) is 4.96. The van der Waals surface area contributed by atoms with Gasteiger partial charge in [-0.05, 0) is 37.1 Å². The number of sulfone groups is 1. The van der Waals surface area contributed by atoms with Crippen LogP contribution in [0.25, 0.3) is 11.3 Å². The van der Waals surface area contributed by atoms with E-state index in [2.05, 4.69) is 9.97 Å². The molecule has 7 heteroatoms. The van der Waals surface area contributed by atoms with Crippen molar-refractivity contribution >= 4 is 9.84 Å². The monoisotopic (exact) mass is 326 g/mol. The summed E-state index contributed by atoms with van der Waals surface area (Å²) >= 11 is 0. The number of aromatic nitrogens is 2. The highest BCUT2D eigenvalue weighted by molar-refractivity contribution is 7.91. The van der Waals surface area contributed by atoms with Gasteiger partial charge < -0.3 is 0 Å². The summed E-state index contributed by atoms with van der Waals surface area (Å²) in [5.41, 5.74) is 2.19. The van der Waals surface area contributed by atoms with Crippen LogP contribution in [-0.4, -0.2) is 24.1 Å². The molecular weight excluding hydrogens is 310 g/mol. The van der Waals surface area contributed by atoms with Crippen molar-refractivity contribution in [1.29, 1.82) is 0 Å². The van der Waals surface area contributed by atoms with E-state index >= 15 is 0 Å². The molecule has 0 amide bonds. The minimum atomic E-state index is -3.76. The second-order valence-corrected chi connectivity index (χ2v) is 7.14. The Balaban J connectivity index is 2.67. The molecule has 0 aliphatic carbocycles. The summed E-state index contributed by atoms with van der Waals surface area (Å²) in [7, 11) is -3.76. The van der Waals surface area contributed by atoms with Gasteiger partial charge in [-0.2, -0.15) is 0 Å². The molecule has 0 spiro atoms. The van der Waals surface area contributed by atoms with Crippen molar-refractivity contribution in [2.24, 2.45) is 0 Å². The van der Waals surface area contributed by atoms with Crippen LogP contribution in [0.3, 0.4) is 0 Å². The van der Waals surface area contributed by atoms with Gasteiger partial charge in [-0.3, -0.25) is 0 Å². The van der Waals surface area contributed by atoms with E-state index in [0.29, 0.717) is 5.56 Å². The van der Waals surface area contributed by atoms with E-state index in [1.807, 2.05) is 19.9 Å². The van der Waals surface area contributed by atoms with Crippen LogP contribution in [0.2, 0.25) is 0 Å². The zero-order valence-corrected chi connectivity index (χ0v) is 13.3. The summed E-state index contributed by atoms with van der Waals surface area (Å²) in [6.07, 6.45) is -2.86. The Labute approximate surface area is 128 Å². The van der Waals surface area contributed by atoms with Gasteiger partial charge in [-0.15, -0.1) is 0 Å². The summed E-state index contributed by atoms with van der Waals surface area (Å²) in [6.45, 7) is 5.23. The Kier molecular flexibility index (Phi) is 4.55. The Bertz CT molecular complexity index is 805. The third-order valence-electron chi connectivity index (χ3n) is 3.41. The fraction of sp³-hybridized carbons (Fsp3) is 0.333. The lowest BCUT2D eigenvalue weighted by Gasteiger charge is -2.09. The van der Waals surface area contributed by atoms with Crippen molar-refractivity contribution in [1.82, 2.24) is 9.97 Å². The zero-order valence-electron chi connectivity index (χ0n) is 12.5. The maximum Gasteiger partial charge on any atom is 0.280 e. The predicted molar refractivity (Wildman–Crippen MR) is 79.6 cm³/mol. The molecule has 0 saturated heterocycles. The predicted octanol–water partition coefficient (Wildman–Crippen LogP) is 3.49. The molecule has 118 valence electrons. The van der Waals surface area contributed by atoms with Crippen LogP contribution in [0, 0.1) is 13.8 Å². The van der Waals surface area contributed by atoms with Crippen molar-refractivity contribution in [3.05, 3.63) is 41.1 Å². The smallest absolute Gasteiger partial charge is 0.220 e. The summed E-state index contributed by atoms with van der Waals surface area (Å²) in [5, 5.41) is -0.555. The number of nitrogens with zero attached hydrogens (tertiary/aromatic N) is 2. The lowest BCUT2D eigenvalue weighted by Crippen LogP contribution is -2.11. The Hall–Kier alpha value is -1.89. The minimum Gasteiger partial charge on any atom is -0.220 e. The summed E-state index contributed by atoms with van der Waals surface area (Å²) in [5.74, 6) is -0.244. The fourth-order valence-electron chi connectivity index (χ4n) is 1.87. The van der Waals surface area contributed by atoms with Gasteiger partial charge in [0.2, 0.25) is 15.0 Å². The Morgan fingerprint density at radius 2 is 1.77 bits per heavy atom. The van der Waals surface area contributed by atoms with Gasteiger partial charge >= 0.3 is 0 Å². The molecule has 22 heavy (non-hydrogen) atoms. The molecule has 2 aromatic rings. The minimum absolute atomic E-state index is 0.181. The number of aryl methyl sites for hydroxylation is 2. The van der Waals surface area contributed by atoms with E-state index in [-0.39, 0.29) is 11.4 Å². The molecule has 1 heterocycles. The van der Waals surface area contributed by atoms with E-state index in [4.69, 9.17) is 0 Å². The molecule has 1 aromatic heterocycles. The summed E-state index contributed by atoms with van der Waals surface area (Å²) in [6, 6.07) is 6.48. The van der Waals surface area contributed by atoms with Crippen LogP contribution in [0.1, 0.15) is 30.2 Å². The maximum atomic E-state index is 13.0. The van der Waals surface area contributed by atoms with E-state index < -0.39 is 27.1 Å². The summed E-state index contributed by atoms with van der Waals surface area (Å²) < 4.78 is 49.8. The highest BCUT2D eigenvalue weighted by Gasteiger charge is 2.21. The Morgan fingerprint density at radius 1 is 1.09 bits per heavy atom. The molecule has 0 radical (unpaired) electrons. The van der Waals surface area contributed by atoms with Crippen LogP contribution in [-0.2, 0) is 9.84 Å². The topological polar surface area (TPSA) is 59.9 Å². The van der Waals surface area contributed by atoms with E-state index in [1.54, 1.807) is 12.1 Å². The highest BCUT2D eigenvalue weighted by Crippen LogP contribution is 2.26. The van der Waals surface area contributed by atoms with Crippen molar-refractivity contribution in [2.75, 3.05) is 5.75 Å². The average molecular weight is 326 g/mol. The molecule has 0 atom stereocenters. The standard InChI is InChI=1S/C15H16F2N2O2S/c1-4-22(20,21)15-18-12(8-13(19-15)14(16)17)11-6-5-9(2)10(3)7-11/h5-8,14H,4H2,1-3H3. The normalized spacial score (nSPS) is 11.9. The van der Waals surface area contributed by atoms with Crippen molar-refractivity contribution in [2.45, 2.75) is 32.4 Å². The first-order valence-corrected chi connectivity index (χ1v) is 8.37. The van der Waals surface area contributed by atoms with E-state index in [0.717, 1.165) is 17.2 Å². The number of hydrogen-bond acceptors (Lipinski definition) is 4. The molecule has 0 unspecified atom stereocenters. The molecule has 0 saturated carbocycles. The van der Waals surface area contributed by atoms with Gasteiger partial charge in [0, 0.05) is 5.56 Å². The van der Waals surface area contributed by atoms with Crippen molar-refractivity contribution in [3.8, 4) is 11.3 Å². The first kappa shape index (κ1) is 16.5. The van der Waals surface area contributed by atoms with E-state index in [9.17, 15) is 17.2 Å². The maximum absolute atomic E-state index is 13.0. The largest absolute Gasteiger partial charge is 0.280 e. The molecular formula is C15H16F2N2O2S. The highest BCUT2D eigenvalue weighted by atomic mass is 32.2. The van der Waals surface area contributed by atoms with Crippen LogP contribution in [0.5, 0.6) is 0 Å². The lowest BCUT2D eigenvalue weighted by atomic mass is 10.0. The van der Waals surface area contributed by atoms with Crippen LogP contribution < -0.4 is 0 Å². The quantitative estimate of drug-likeness (QED) is 0.807. The van der Waals surface area contributed by atoms with E-state index in [1.165, 1.54) is 6.92 Å². The van der Waals surface area contributed by atoms with Gasteiger partial charge in [0.05, 0.1) is 11.4 Å². The SMILES string of the molecule is CCS(=O)(=O)c1nc(-c2ccc(C)c(C)c2)cc(C(F)F)n1. The molecule has 0 aliphatic rings. The Morgan fingerprint density at radius 3 is 2.32 bits per heavy atom. The van der Waals surface area contributed by atoms with Gasteiger partial charge in [0.1, 0.15) is 5.69 Å². The van der Waals surface area contributed by atoms with Gasteiger partial charge in [-0.1, -0.05) is 19.1 Å². The molecule has 0 N–H and O–H groups in total. The lowest BCUT2D eigenvalue weighted by molar-refractivity contribution is 0.145. The molecule has 2 rings (SSSR count). The van der Waals surface area contributed by atoms with Gasteiger partial charge in [0.15, 0.2) is 0 Å². The average Bonchev–Trinajstić information content (AvgIpc) is 2.49. The first-order chi connectivity index (χ1) is 10.2. The third-order valence-corrected chi connectivity index (χ3v) is 4.91. The molecule has 0 bridgehead atoms. The number of halogens is 2. The second kappa shape index (κ2) is 6.08. The molecule has 0 aliphatic heterocycles. The van der Waals surface area contributed by atoms with Crippen molar-refractivity contribution < 1.29 is 17.2 Å². The van der Waals surface area contributed by atoms with Crippen LogP contribution >= 0.6 is 0 Å². The van der Waals surface area contributed by atoms with Gasteiger partial charge in [-0.25, -0.2) is 27.2 Å². The molecule has 0 fully saturated rings. The number of alkyl halides is 2. The molecule has 1 aromatic carbocycles. The number of hydrogen-bond donors (Lipinski definition) is 0. The third kappa shape index (κ3) is 3.30. The fourth-order valence-corrected chi connectivity index (χ4v) is 2.61. The summed E-state index contributed by atoms with van der Waals surface area (Å²) in [4.78, 5) is 7.46.